The largest absolute Gasteiger partial charge is 0.497 e. The number of rotatable bonds is 8. The van der Waals surface area contributed by atoms with Gasteiger partial charge in [-0.1, -0.05) is 54.6 Å². The molecule has 0 aliphatic heterocycles. The van der Waals surface area contributed by atoms with E-state index < -0.39 is 5.97 Å². The molecule has 0 spiro atoms. The Kier molecular flexibility index (Phi) is 6.63. The van der Waals surface area contributed by atoms with Crippen LogP contribution >= 0.6 is 0 Å². The predicted molar refractivity (Wildman–Crippen MR) is 110 cm³/mol. The van der Waals surface area contributed by atoms with E-state index in [0.29, 0.717) is 17.1 Å². The average Bonchev–Trinajstić information content (AvgIpc) is 2.78. The van der Waals surface area contributed by atoms with Gasteiger partial charge in [0.25, 0.3) is 0 Å². The molecule has 3 aromatic rings. The molecule has 0 N–H and O–H groups in total. The first kappa shape index (κ1) is 20.1. The summed E-state index contributed by atoms with van der Waals surface area (Å²) in [6.45, 7) is -0.357. The van der Waals surface area contributed by atoms with Crippen LogP contribution in [-0.2, 0) is 16.0 Å². The summed E-state index contributed by atoms with van der Waals surface area (Å²) >= 11 is 0. The molecule has 0 amide bonds. The van der Waals surface area contributed by atoms with Crippen molar-refractivity contribution in [1.29, 1.82) is 0 Å². The second-order valence-corrected chi connectivity index (χ2v) is 6.39. The van der Waals surface area contributed by atoms with Gasteiger partial charge < -0.3 is 14.2 Å². The molecule has 0 radical (unpaired) electrons. The maximum absolute atomic E-state index is 12.4. The summed E-state index contributed by atoms with van der Waals surface area (Å²) in [6, 6.07) is 22.6. The van der Waals surface area contributed by atoms with Gasteiger partial charge in [0.15, 0.2) is 6.61 Å². The predicted octanol–water partition coefficient (Wildman–Crippen LogP) is 4.34. The normalized spacial score (nSPS) is 10.3. The zero-order chi connectivity index (χ0) is 20.6. The number of ketones is 1. The molecule has 29 heavy (non-hydrogen) atoms. The Morgan fingerprint density at radius 2 is 1.48 bits per heavy atom. The maximum atomic E-state index is 12.4. The van der Waals surface area contributed by atoms with Crippen LogP contribution in [0.15, 0.2) is 72.8 Å². The van der Waals surface area contributed by atoms with E-state index in [2.05, 4.69) is 0 Å². The number of carbonyl (C=O) groups is 2. The van der Waals surface area contributed by atoms with E-state index in [1.54, 1.807) is 18.2 Å². The summed E-state index contributed by atoms with van der Waals surface area (Å²) in [5, 5.41) is 0. The molecule has 0 fully saturated rings. The highest BCUT2D eigenvalue weighted by Gasteiger charge is 2.16. The van der Waals surface area contributed by atoms with Crippen molar-refractivity contribution in [1.82, 2.24) is 0 Å². The third-order valence-electron chi connectivity index (χ3n) is 4.48. The summed E-state index contributed by atoms with van der Waals surface area (Å²) in [5.41, 5.74) is 3.32. The van der Waals surface area contributed by atoms with Crippen LogP contribution in [0.3, 0.4) is 0 Å². The topological polar surface area (TPSA) is 61.8 Å². The van der Waals surface area contributed by atoms with E-state index in [0.717, 1.165) is 16.7 Å². The first-order valence-electron chi connectivity index (χ1n) is 9.16. The summed E-state index contributed by atoms with van der Waals surface area (Å²) in [4.78, 5) is 24.6. The van der Waals surface area contributed by atoms with E-state index in [1.165, 1.54) is 14.2 Å². The number of benzene rings is 3. The Balaban J connectivity index is 1.58. The third-order valence-corrected chi connectivity index (χ3v) is 4.48. The molecule has 0 heterocycles. The fourth-order valence-corrected chi connectivity index (χ4v) is 2.92. The molecule has 0 saturated carbocycles. The van der Waals surface area contributed by atoms with Crippen molar-refractivity contribution in [3.05, 3.63) is 83.9 Å². The van der Waals surface area contributed by atoms with Gasteiger partial charge in [-0.05, 0) is 34.9 Å². The van der Waals surface area contributed by atoms with Crippen molar-refractivity contribution in [2.24, 2.45) is 0 Å². The summed E-state index contributed by atoms with van der Waals surface area (Å²) < 4.78 is 15.5. The van der Waals surface area contributed by atoms with Crippen molar-refractivity contribution in [3.8, 4) is 22.6 Å². The summed E-state index contributed by atoms with van der Waals surface area (Å²) in [6.07, 6.45) is 0.0948. The Morgan fingerprint density at radius 1 is 0.793 bits per heavy atom. The van der Waals surface area contributed by atoms with E-state index in [1.807, 2.05) is 54.6 Å². The number of Topliss-reactive ketones (excluding diaryl/α,β-unsaturated/α-hetero) is 1. The van der Waals surface area contributed by atoms with Crippen molar-refractivity contribution < 1.29 is 23.8 Å². The second kappa shape index (κ2) is 9.55. The Bertz CT molecular complexity index is 978. The zero-order valence-electron chi connectivity index (χ0n) is 16.4. The van der Waals surface area contributed by atoms with Crippen LogP contribution in [0.25, 0.3) is 11.1 Å². The van der Waals surface area contributed by atoms with Crippen LogP contribution in [0.1, 0.15) is 15.9 Å². The van der Waals surface area contributed by atoms with Gasteiger partial charge in [0, 0.05) is 0 Å². The zero-order valence-corrected chi connectivity index (χ0v) is 16.4. The molecule has 3 rings (SSSR count). The van der Waals surface area contributed by atoms with Gasteiger partial charge in [0.05, 0.1) is 26.2 Å². The average molecular weight is 390 g/mol. The molecule has 5 nitrogen and oxygen atoms in total. The first-order chi connectivity index (χ1) is 14.1. The van der Waals surface area contributed by atoms with Gasteiger partial charge in [-0.2, -0.15) is 0 Å². The van der Waals surface area contributed by atoms with Crippen molar-refractivity contribution in [2.75, 3.05) is 20.8 Å². The van der Waals surface area contributed by atoms with Crippen molar-refractivity contribution in [2.45, 2.75) is 6.42 Å². The number of hydrogen-bond acceptors (Lipinski definition) is 5. The van der Waals surface area contributed by atoms with Crippen LogP contribution in [0, 0.1) is 0 Å². The quantitative estimate of drug-likeness (QED) is 0.423. The fraction of sp³-hybridized carbons (Fsp3) is 0.167. The molecule has 3 aromatic carbocycles. The lowest BCUT2D eigenvalue weighted by molar-refractivity contribution is -0.141. The van der Waals surface area contributed by atoms with Crippen LogP contribution in [0.2, 0.25) is 0 Å². The minimum atomic E-state index is -0.465. The molecular formula is C24H22O5. The van der Waals surface area contributed by atoms with Gasteiger partial charge in [-0.3, -0.25) is 9.59 Å². The monoisotopic (exact) mass is 390 g/mol. The lowest BCUT2D eigenvalue weighted by Gasteiger charge is -2.10. The number of hydrogen-bond donors (Lipinski definition) is 0. The molecule has 0 bridgehead atoms. The number of esters is 1. The Labute approximate surface area is 169 Å². The summed E-state index contributed by atoms with van der Waals surface area (Å²) in [5.74, 6) is 0.114. The van der Waals surface area contributed by atoms with Crippen LogP contribution in [-0.4, -0.2) is 32.6 Å². The van der Waals surface area contributed by atoms with Crippen LogP contribution < -0.4 is 9.47 Å². The van der Waals surface area contributed by atoms with Gasteiger partial charge >= 0.3 is 5.97 Å². The molecule has 0 saturated heterocycles. The molecule has 0 aliphatic carbocycles. The number of carbonyl (C=O) groups excluding carboxylic acids is 2. The number of methoxy groups -OCH3 is 2. The van der Waals surface area contributed by atoms with Gasteiger partial charge in [0.2, 0.25) is 5.78 Å². The van der Waals surface area contributed by atoms with Gasteiger partial charge in [-0.25, -0.2) is 0 Å². The molecule has 0 aliphatic rings. The van der Waals surface area contributed by atoms with Crippen molar-refractivity contribution >= 4 is 11.8 Å². The molecule has 5 heteroatoms. The standard InChI is InChI=1S/C24H22O5/c1-27-20-12-13-23(28-2)21(15-20)22(25)16-29-24(26)14-17-8-10-19(11-9-17)18-6-4-3-5-7-18/h3-13,15H,14,16H2,1-2H3. The molecular weight excluding hydrogens is 368 g/mol. The fourth-order valence-electron chi connectivity index (χ4n) is 2.92. The Hall–Kier alpha value is -3.60. The second-order valence-electron chi connectivity index (χ2n) is 6.39. The van der Waals surface area contributed by atoms with Gasteiger partial charge in [-0.15, -0.1) is 0 Å². The number of ether oxygens (including phenoxy) is 3. The highest BCUT2D eigenvalue weighted by Crippen LogP contribution is 2.24. The lowest BCUT2D eigenvalue weighted by atomic mass is 10.0. The van der Waals surface area contributed by atoms with E-state index >= 15 is 0 Å². The SMILES string of the molecule is COc1ccc(OC)c(C(=O)COC(=O)Cc2ccc(-c3ccccc3)cc2)c1. The van der Waals surface area contributed by atoms with Crippen LogP contribution in [0.4, 0.5) is 0 Å². The van der Waals surface area contributed by atoms with E-state index in [9.17, 15) is 9.59 Å². The third kappa shape index (κ3) is 5.23. The lowest BCUT2D eigenvalue weighted by Crippen LogP contribution is -2.16. The minimum Gasteiger partial charge on any atom is -0.497 e. The molecule has 0 atom stereocenters. The van der Waals surface area contributed by atoms with Gasteiger partial charge in [0.1, 0.15) is 11.5 Å². The molecule has 148 valence electrons. The maximum Gasteiger partial charge on any atom is 0.310 e. The minimum absolute atomic E-state index is 0.0948. The highest BCUT2D eigenvalue weighted by molar-refractivity contribution is 6.00. The summed E-state index contributed by atoms with van der Waals surface area (Å²) in [7, 11) is 2.99. The van der Waals surface area contributed by atoms with Crippen LogP contribution in [0.5, 0.6) is 11.5 Å². The first-order valence-corrected chi connectivity index (χ1v) is 9.16. The molecule has 0 unspecified atom stereocenters. The van der Waals surface area contributed by atoms with Crippen molar-refractivity contribution in [3.63, 3.8) is 0 Å². The smallest absolute Gasteiger partial charge is 0.310 e. The highest BCUT2D eigenvalue weighted by atomic mass is 16.5. The van der Waals surface area contributed by atoms with E-state index in [-0.39, 0.29) is 18.8 Å². The van der Waals surface area contributed by atoms with E-state index in [4.69, 9.17) is 14.2 Å². The Morgan fingerprint density at radius 3 is 2.14 bits per heavy atom. The molecule has 0 aromatic heterocycles.